The highest BCUT2D eigenvalue weighted by atomic mass is 15.3. The smallest absolute Gasteiger partial charge is 0.0634 e. The fourth-order valence-corrected chi connectivity index (χ4v) is 2.24. The van der Waals surface area contributed by atoms with Gasteiger partial charge in [0.05, 0.1) is 17.8 Å². The Morgan fingerprint density at radius 1 is 1.40 bits per heavy atom. The monoisotopic (exact) mass is 203 g/mol. The van der Waals surface area contributed by atoms with Gasteiger partial charge in [-0.25, -0.2) is 0 Å². The molecule has 0 bridgehead atoms. The Bertz CT molecular complexity index is 342. The summed E-state index contributed by atoms with van der Waals surface area (Å²) in [6.07, 6.45) is 9.99. The summed E-state index contributed by atoms with van der Waals surface area (Å²) in [6, 6.07) is 4.81. The fourth-order valence-electron chi connectivity index (χ4n) is 2.24. The van der Waals surface area contributed by atoms with E-state index >= 15 is 0 Å². The second-order valence-electron chi connectivity index (χ2n) is 4.24. The molecule has 1 fully saturated rings. The first-order valence-corrected chi connectivity index (χ1v) is 5.81. The Morgan fingerprint density at radius 3 is 2.93 bits per heavy atom. The topological polar surface area (TPSA) is 41.6 Å². The summed E-state index contributed by atoms with van der Waals surface area (Å²) in [5.41, 5.74) is 1.06. The summed E-state index contributed by atoms with van der Waals surface area (Å²) in [4.78, 5) is 0. The molecule has 80 valence electrons. The van der Waals surface area contributed by atoms with Gasteiger partial charge in [-0.15, -0.1) is 0 Å². The normalized spacial score (nSPS) is 17.5. The molecule has 3 nitrogen and oxygen atoms in total. The standard InChI is InChI=1S/C12H17N3/c13-9-4-5-11-8-10-15(14-11)12-6-2-1-3-7-12/h8,10,12H,1-7H2. The zero-order valence-electron chi connectivity index (χ0n) is 9.02. The van der Waals surface area contributed by atoms with Crippen molar-refractivity contribution in [2.45, 2.75) is 51.0 Å². The molecule has 1 aliphatic carbocycles. The third-order valence-corrected chi connectivity index (χ3v) is 3.11. The molecule has 1 saturated carbocycles. The zero-order valence-corrected chi connectivity index (χ0v) is 9.02. The minimum absolute atomic E-state index is 0.571. The molecule has 0 aromatic carbocycles. The van der Waals surface area contributed by atoms with Gasteiger partial charge in [0.2, 0.25) is 0 Å². The van der Waals surface area contributed by atoms with Crippen LogP contribution >= 0.6 is 0 Å². The second kappa shape index (κ2) is 4.97. The third-order valence-electron chi connectivity index (χ3n) is 3.11. The molecule has 0 atom stereocenters. The van der Waals surface area contributed by atoms with Gasteiger partial charge < -0.3 is 0 Å². The van der Waals surface area contributed by atoms with E-state index in [1.807, 2.05) is 6.07 Å². The van der Waals surface area contributed by atoms with Crippen molar-refractivity contribution >= 4 is 0 Å². The van der Waals surface area contributed by atoms with Crippen LogP contribution in [0.5, 0.6) is 0 Å². The van der Waals surface area contributed by atoms with Crippen LogP contribution in [0.2, 0.25) is 0 Å². The third kappa shape index (κ3) is 2.59. The number of nitriles is 1. The molecule has 0 N–H and O–H groups in total. The number of hydrogen-bond donors (Lipinski definition) is 0. The number of aromatic nitrogens is 2. The van der Waals surface area contributed by atoms with Crippen LogP contribution in [-0.4, -0.2) is 9.78 Å². The molecule has 0 spiro atoms. The van der Waals surface area contributed by atoms with E-state index in [9.17, 15) is 0 Å². The van der Waals surface area contributed by atoms with Crippen molar-refractivity contribution in [1.82, 2.24) is 9.78 Å². The average Bonchev–Trinajstić information content (AvgIpc) is 2.76. The van der Waals surface area contributed by atoms with Crippen LogP contribution in [0, 0.1) is 11.3 Å². The summed E-state index contributed by atoms with van der Waals surface area (Å²) >= 11 is 0. The molecule has 0 saturated heterocycles. The quantitative estimate of drug-likeness (QED) is 0.758. The first-order chi connectivity index (χ1) is 7.40. The molecule has 0 aliphatic heterocycles. The van der Waals surface area contributed by atoms with Gasteiger partial charge in [0.1, 0.15) is 0 Å². The summed E-state index contributed by atoms with van der Waals surface area (Å²) in [6.45, 7) is 0. The van der Waals surface area contributed by atoms with Crippen LogP contribution in [0.4, 0.5) is 0 Å². The maximum atomic E-state index is 8.50. The lowest BCUT2D eigenvalue weighted by Crippen LogP contribution is -2.13. The number of rotatable bonds is 3. The molecule has 1 aromatic rings. The highest BCUT2D eigenvalue weighted by Gasteiger charge is 2.15. The van der Waals surface area contributed by atoms with E-state index in [0.717, 1.165) is 12.1 Å². The largest absolute Gasteiger partial charge is 0.269 e. The van der Waals surface area contributed by atoms with Gasteiger partial charge in [0.25, 0.3) is 0 Å². The second-order valence-corrected chi connectivity index (χ2v) is 4.24. The first-order valence-electron chi connectivity index (χ1n) is 5.81. The molecule has 15 heavy (non-hydrogen) atoms. The molecule has 0 unspecified atom stereocenters. The highest BCUT2D eigenvalue weighted by molar-refractivity contribution is 5.01. The highest BCUT2D eigenvalue weighted by Crippen LogP contribution is 2.27. The lowest BCUT2D eigenvalue weighted by Gasteiger charge is -2.21. The zero-order chi connectivity index (χ0) is 10.5. The van der Waals surface area contributed by atoms with Gasteiger partial charge in [-0.1, -0.05) is 19.3 Å². The lowest BCUT2D eigenvalue weighted by atomic mass is 9.96. The minimum atomic E-state index is 0.571. The number of nitrogens with zero attached hydrogens (tertiary/aromatic N) is 3. The average molecular weight is 203 g/mol. The molecular formula is C12H17N3. The van der Waals surface area contributed by atoms with Crippen LogP contribution in [-0.2, 0) is 6.42 Å². The van der Waals surface area contributed by atoms with Crippen molar-refractivity contribution in [3.8, 4) is 6.07 Å². The fraction of sp³-hybridized carbons (Fsp3) is 0.667. The predicted octanol–water partition coefficient (Wildman–Crippen LogP) is 2.84. The summed E-state index contributed by atoms with van der Waals surface area (Å²) in [5.74, 6) is 0. The molecule has 1 aromatic heterocycles. The molecular weight excluding hydrogens is 186 g/mol. The van der Waals surface area contributed by atoms with Gasteiger partial charge in [0, 0.05) is 19.0 Å². The van der Waals surface area contributed by atoms with E-state index in [-0.39, 0.29) is 0 Å². The summed E-state index contributed by atoms with van der Waals surface area (Å²) < 4.78 is 2.10. The van der Waals surface area contributed by atoms with Crippen molar-refractivity contribution < 1.29 is 0 Å². The lowest BCUT2D eigenvalue weighted by molar-refractivity contribution is 0.328. The Kier molecular flexibility index (Phi) is 3.39. The van der Waals surface area contributed by atoms with Crippen LogP contribution < -0.4 is 0 Å². The Hall–Kier alpha value is -1.30. The molecule has 0 amide bonds. The van der Waals surface area contributed by atoms with Gasteiger partial charge in [-0.2, -0.15) is 10.4 Å². The van der Waals surface area contributed by atoms with Crippen molar-refractivity contribution in [2.75, 3.05) is 0 Å². The van der Waals surface area contributed by atoms with E-state index in [1.54, 1.807) is 0 Å². The molecule has 0 radical (unpaired) electrons. The van der Waals surface area contributed by atoms with Gasteiger partial charge >= 0.3 is 0 Å². The van der Waals surface area contributed by atoms with Crippen LogP contribution in [0.1, 0.15) is 50.3 Å². The van der Waals surface area contributed by atoms with E-state index < -0.39 is 0 Å². The van der Waals surface area contributed by atoms with Gasteiger partial charge in [0.15, 0.2) is 0 Å². The Balaban J connectivity index is 1.96. The van der Waals surface area contributed by atoms with Crippen molar-refractivity contribution in [1.29, 1.82) is 5.26 Å². The summed E-state index contributed by atoms with van der Waals surface area (Å²) in [5, 5.41) is 13.0. The van der Waals surface area contributed by atoms with E-state index in [1.165, 1.54) is 32.1 Å². The van der Waals surface area contributed by atoms with Crippen LogP contribution in [0.3, 0.4) is 0 Å². The van der Waals surface area contributed by atoms with Gasteiger partial charge in [-0.3, -0.25) is 4.68 Å². The molecule has 1 heterocycles. The SMILES string of the molecule is N#CCCc1ccn(C2CCCCC2)n1. The molecule has 1 aliphatic rings. The summed E-state index contributed by atoms with van der Waals surface area (Å²) in [7, 11) is 0. The predicted molar refractivity (Wildman–Crippen MR) is 58.3 cm³/mol. The molecule has 2 rings (SSSR count). The number of aryl methyl sites for hydroxylation is 1. The Morgan fingerprint density at radius 2 is 2.20 bits per heavy atom. The van der Waals surface area contributed by atoms with Gasteiger partial charge in [-0.05, 0) is 18.9 Å². The van der Waals surface area contributed by atoms with Crippen LogP contribution in [0.25, 0.3) is 0 Å². The maximum Gasteiger partial charge on any atom is 0.0634 e. The minimum Gasteiger partial charge on any atom is -0.269 e. The molecule has 3 heteroatoms. The Labute approximate surface area is 90.7 Å². The van der Waals surface area contributed by atoms with Crippen LogP contribution in [0.15, 0.2) is 12.3 Å². The van der Waals surface area contributed by atoms with Crippen molar-refractivity contribution in [3.63, 3.8) is 0 Å². The van der Waals surface area contributed by atoms with Crippen molar-refractivity contribution in [3.05, 3.63) is 18.0 Å². The van der Waals surface area contributed by atoms with E-state index in [0.29, 0.717) is 12.5 Å². The van der Waals surface area contributed by atoms with E-state index in [4.69, 9.17) is 5.26 Å². The van der Waals surface area contributed by atoms with E-state index in [2.05, 4.69) is 22.0 Å². The maximum absolute atomic E-state index is 8.50. The first kappa shape index (κ1) is 10.2. The van der Waals surface area contributed by atoms with Crippen molar-refractivity contribution in [2.24, 2.45) is 0 Å². The number of hydrogen-bond acceptors (Lipinski definition) is 2.